The molecule has 9 heteroatoms. The van der Waals surface area contributed by atoms with Gasteiger partial charge in [0, 0.05) is 6.20 Å². The van der Waals surface area contributed by atoms with Crippen LogP contribution in [0.25, 0.3) is 0 Å². The van der Waals surface area contributed by atoms with Gasteiger partial charge in [-0.15, -0.1) is 0 Å². The Hall–Kier alpha value is -2.68. The van der Waals surface area contributed by atoms with Gasteiger partial charge in [0.15, 0.2) is 6.10 Å². The van der Waals surface area contributed by atoms with E-state index < -0.39 is 23.7 Å². The van der Waals surface area contributed by atoms with Gasteiger partial charge < -0.3 is 14.8 Å². The Morgan fingerprint density at radius 2 is 1.92 bits per heavy atom. The first kappa shape index (κ1) is 19.6. The molecule has 2 aromatic rings. The quantitative estimate of drug-likeness (QED) is 0.583. The molecule has 0 aliphatic carbocycles. The zero-order valence-corrected chi connectivity index (χ0v) is 14.8. The monoisotopic (exact) mass is 382 g/mol. The highest BCUT2D eigenvalue weighted by Gasteiger charge is 2.23. The fourth-order valence-corrected chi connectivity index (χ4v) is 2.55. The molecule has 0 fully saturated rings. The summed E-state index contributed by atoms with van der Waals surface area (Å²) in [5, 5.41) is 2.42. The van der Waals surface area contributed by atoms with Crippen LogP contribution in [0, 0.1) is 0 Å². The summed E-state index contributed by atoms with van der Waals surface area (Å²) in [7, 11) is 1.46. The third-order valence-electron chi connectivity index (χ3n) is 3.21. The highest BCUT2D eigenvalue weighted by Crippen LogP contribution is 2.27. The summed E-state index contributed by atoms with van der Waals surface area (Å²) in [6.45, 7) is 1.37. The molecule has 0 aliphatic heterocycles. The van der Waals surface area contributed by atoms with Crippen LogP contribution in [0.1, 0.15) is 17.3 Å². The molecule has 6 nitrogen and oxygen atoms in total. The lowest BCUT2D eigenvalue weighted by atomic mass is 10.2. The van der Waals surface area contributed by atoms with Crippen LogP contribution in [0.15, 0.2) is 47.6 Å². The van der Waals surface area contributed by atoms with Crippen LogP contribution in [0.5, 0.6) is 5.75 Å². The van der Waals surface area contributed by atoms with Gasteiger partial charge in [0.2, 0.25) is 0 Å². The number of methoxy groups -OCH3 is 1. The van der Waals surface area contributed by atoms with Crippen molar-refractivity contribution in [2.24, 2.45) is 0 Å². The molecule has 26 heavy (non-hydrogen) atoms. The number of carbonyl (C=O) groups excluding carboxylic acids is 2. The van der Waals surface area contributed by atoms with Crippen LogP contribution in [0.3, 0.4) is 0 Å². The third-order valence-corrected chi connectivity index (χ3v) is 3.94. The number of para-hydroxylation sites is 2. The molecular formula is C17H16F2N2O4S. The number of alkyl halides is 2. The van der Waals surface area contributed by atoms with E-state index in [-0.39, 0.29) is 22.4 Å². The van der Waals surface area contributed by atoms with E-state index in [9.17, 15) is 18.4 Å². The first-order valence-corrected chi connectivity index (χ1v) is 8.35. The smallest absolute Gasteiger partial charge is 0.341 e. The largest absolute Gasteiger partial charge is 0.495 e. The van der Waals surface area contributed by atoms with Crippen LogP contribution in [-0.2, 0) is 9.53 Å². The van der Waals surface area contributed by atoms with Crippen LogP contribution in [0.4, 0.5) is 14.5 Å². The van der Waals surface area contributed by atoms with E-state index in [1.165, 1.54) is 32.4 Å². The normalized spacial score (nSPS) is 11.7. The average Bonchev–Trinajstić information content (AvgIpc) is 2.62. The van der Waals surface area contributed by atoms with E-state index in [2.05, 4.69) is 10.3 Å². The van der Waals surface area contributed by atoms with Crippen molar-refractivity contribution in [3.8, 4) is 5.75 Å². The molecule has 0 saturated heterocycles. The fourth-order valence-electron chi connectivity index (χ4n) is 1.98. The number of anilines is 1. The van der Waals surface area contributed by atoms with Gasteiger partial charge >= 0.3 is 5.97 Å². The molecular weight excluding hydrogens is 366 g/mol. The number of halogens is 2. The zero-order chi connectivity index (χ0) is 19.1. The van der Waals surface area contributed by atoms with E-state index in [1.54, 1.807) is 24.3 Å². The number of hydrogen-bond acceptors (Lipinski definition) is 6. The third kappa shape index (κ3) is 5.16. The van der Waals surface area contributed by atoms with Gasteiger partial charge in [-0.3, -0.25) is 4.79 Å². The highest BCUT2D eigenvalue weighted by atomic mass is 32.2. The predicted molar refractivity (Wildman–Crippen MR) is 92.6 cm³/mol. The second kappa shape index (κ2) is 9.14. The van der Waals surface area contributed by atoms with Gasteiger partial charge in [0.1, 0.15) is 10.8 Å². The lowest BCUT2D eigenvalue weighted by molar-refractivity contribution is -0.123. The van der Waals surface area contributed by atoms with E-state index in [4.69, 9.17) is 9.47 Å². The van der Waals surface area contributed by atoms with Crippen molar-refractivity contribution in [2.75, 3.05) is 12.4 Å². The summed E-state index contributed by atoms with van der Waals surface area (Å²) in [5.74, 6) is -3.79. The van der Waals surface area contributed by atoms with E-state index in [1.807, 2.05) is 0 Å². The Labute approximate surface area is 152 Å². The standard InChI is InChI=1S/C17H16F2N2O4S/c1-10(14(22)21-12-7-3-4-8-13(12)24-2)25-16(23)11-6-5-9-20-15(11)26-17(18)19/h3-10,17H,1-2H3,(H,21,22)/t10-/m0/s1. The number of thioether (sulfide) groups is 1. The minimum atomic E-state index is -2.73. The molecule has 0 saturated carbocycles. The number of aromatic nitrogens is 1. The number of amides is 1. The minimum absolute atomic E-state index is 0.130. The van der Waals surface area contributed by atoms with Crippen LogP contribution < -0.4 is 10.1 Å². The number of carbonyl (C=O) groups is 2. The van der Waals surface area contributed by atoms with Gasteiger partial charge in [-0.2, -0.15) is 8.78 Å². The number of rotatable bonds is 7. The average molecular weight is 382 g/mol. The Morgan fingerprint density at radius 3 is 2.62 bits per heavy atom. The van der Waals surface area contributed by atoms with E-state index in [0.717, 1.165) is 0 Å². The van der Waals surface area contributed by atoms with Crippen LogP contribution >= 0.6 is 11.8 Å². The SMILES string of the molecule is COc1ccccc1NC(=O)[C@H](C)OC(=O)c1cccnc1SC(F)F. The Morgan fingerprint density at radius 1 is 1.19 bits per heavy atom. The van der Waals surface area contributed by atoms with E-state index >= 15 is 0 Å². The number of benzene rings is 1. The van der Waals surface area contributed by atoms with Gasteiger partial charge in [0.25, 0.3) is 11.7 Å². The van der Waals surface area contributed by atoms with Crippen molar-refractivity contribution in [1.29, 1.82) is 0 Å². The summed E-state index contributed by atoms with van der Waals surface area (Å²) < 4.78 is 35.3. The number of esters is 1. The van der Waals surface area contributed by atoms with Crippen LogP contribution in [-0.4, -0.2) is 35.8 Å². The van der Waals surface area contributed by atoms with Gasteiger partial charge in [-0.1, -0.05) is 12.1 Å². The van der Waals surface area contributed by atoms with Crippen molar-refractivity contribution >= 4 is 29.3 Å². The highest BCUT2D eigenvalue weighted by molar-refractivity contribution is 7.99. The lowest BCUT2D eigenvalue weighted by Crippen LogP contribution is -2.30. The Balaban J connectivity index is 2.06. The first-order chi connectivity index (χ1) is 12.4. The van der Waals surface area contributed by atoms with Crippen molar-refractivity contribution in [3.05, 3.63) is 48.2 Å². The Kier molecular flexibility index (Phi) is 6.90. The molecule has 0 radical (unpaired) electrons. The Bertz CT molecular complexity index is 789. The number of nitrogens with one attached hydrogen (secondary N) is 1. The molecule has 1 atom stereocenters. The maximum absolute atomic E-state index is 12.6. The summed E-state index contributed by atoms with van der Waals surface area (Å²) in [5.41, 5.74) is 0.285. The fraction of sp³-hybridized carbons (Fsp3) is 0.235. The second-order valence-corrected chi connectivity index (χ2v) is 5.95. The van der Waals surface area contributed by atoms with E-state index in [0.29, 0.717) is 11.4 Å². The maximum Gasteiger partial charge on any atom is 0.341 e. The summed E-state index contributed by atoms with van der Waals surface area (Å²) in [6.07, 6.45) is 0.135. The zero-order valence-electron chi connectivity index (χ0n) is 13.9. The molecule has 0 aliphatic rings. The van der Waals surface area contributed by atoms with Gasteiger partial charge in [-0.05, 0) is 43.0 Å². The first-order valence-electron chi connectivity index (χ1n) is 7.47. The molecule has 1 heterocycles. The van der Waals surface area contributed by atoms with Gasteiger partial charge in [-0.25, -0.2) is 9.78 Å². The molecule has 0 bridgehead atoms. The maximum atomic E-state index is 12.6. The minimum Gasteiger partial charge on any atom is -0.495 e. The second-order valence-electron chi connectivity index (χ2n) is 4.97. The summed E-state index contributed by atoms with van der Waals surface area (Å²) in [6, 6.07) is 9.47. The summed E-state index contributed by atoms with van der Waals surface area (Å²) in [4.78, 5) is 28.2. The van der Waals surface area contributed by atoms with Crippen molar-refractivity contribution in [1.82, 2.24) is 4.98 Å². The molecule has 1 amide bonds. The molecule has 1 N–H and O–H groups in total. The lowest BCUT2D eigenvalue weighted by Gasteiger charge is -2.15. The van der Waals surface area contributed by atoms with Crippen molar-refractivity contribution in [2.45, 2.75) is 23.8 Å². The van der Waals surface area contributed by atoms with Crippen molar-refractivity contribution in [3.63, 3.8) is 0 Å². The molecule has 138 valence electrons. The molecule has 1 aromatic carbocycles. The molecule has 2 rings (SSSR count). The number of nitrogens with zero attached hydrogens (tertiary/aromatic N) is 1. The summed E-state index contributed by atoms with van der Waals surface area (Å²) >= 11 is 0.134. The number of ether oxygens (including phenoxy) is 2. The molecule has 0 unspecified atom stereocenters. The number of hydrogen-bond donors (Lipinski definition) is 1. The predicted octanol–water partition coefficient (Wildman–Crippen LogP) is 3.59. The number of pyridine rings is 1. The molecule has 1 aromatic heterocycles. The van der Waals surface area contributed by atoms with Gasteiger partial charge in [0.05, 0.1) is 18.4 Å². The van der Waals surface area contributed by atoms with Crippen LogP contribution in [0.2, 0.25) is 0 Å². The van der Waals surface area contributed by atoms with Crippen molar-refractivity contribution < 1.29 is 27.8 Å². The topological polar surface area (TPSA) is 77.5 Å². The molecule has 0 spiro atoms.